The van der Waals surface area contributed by atoms with Gasteiger partial charge in [0, 0.05) is 26.0 Å². The quantitative estimate of drug-likeness (QED) is 0.829. The maximum Gasteiger partial charge on any atom is 0.132 e. The van der Waals surface area contributed by atoms with E-state index in [0.717, 1.165) is 17.8 Å². The van der Waals surface area contributed by atoms with Crippen molar-refractivity contribution in [1.29, 1.82) is 0 Å². The Hall–Kier alpha value is -1.48. The van der Waals surface area contributed by atoms with E-state index >= 15 is 0 Å². The molecule has 2 aromatic heterocycles. The smallest absolute Gasteiger partial charge is 0.132 e. The molecule has 0 aliphatic heterocycles. The van der Waals surface area contributed by atoms with Gasteiger partial charge in [-0.3, -0.25) is 0 Å². The second-order valence-corrected chi connectivity index (χ2v) is 4.23. The van der Waals surface area contributed by atoms with Crippen molar-refractivity contribution in [3.05, 3.63) is 47.0 Å². The van der Waals surface area contributed by atoms with Crippen LogP contribution in [-0.2, 0) is 13.6 Å². The molecule has 0 aliphatic carbocycles. The molecule has 0 radical (unpaired) electrons. The van der Waals surface area contributed by atoms with E-state index in [1.54, 1.807) is 6.20 Å². The van der Waals surface area contributed by atoms with Crippen LogP contribution in [0.1, 0.15) is 11.1 Å². The fraction of sp³-hybridized carbons (Fsp3) is 0.250. The van der Waals surface area contributed by atoms with Gasteiger partial charge in [-0.2, -0.15) is 0 Å². The summed E-state index contributed by atoms with van der Waals surface area (Å²) in [5, 5.41) is 3.87. The van der Waals surface area contributed by atoms with E-state index in [1.165, 1.54) is 5.56 Å². The van der Waals surface area contributed by atoms with Crippen LogP contribution in [0.25, 0.3) is 0 Å². The molecule has 0 fully saturated rings. The molecular weight excluding hydrogens is 222 g/mol. The highest BCUT2D eigenvalue weighted by Gasteiger charge is 1.99. The molecule has 84 valence electrons. The Kier molecular flexibility index (Phi) is 3.15. The number of hydrogen-bond donors (Lipinski definition) is 1. The first-order chi connectivity index (χ1) is 7.65. The minimum atomic E-state index is 0.560. The summed E-state index contributed by atoms with van der Waals surface area (Å²) >= 11 is 5.86. The predicted molar refractivity (Wildman–Crippen MR) is 66.7 cm³/mol. The number of aromatic nitrogens is 2. The lowest BCUT2D eigenvalue weighted by molar-refractivity contribution is 0.920. The van der Waals surface area contributed by atoms with Crippen LogP contribution in [0.3, 0.4) is 0 Å². The molecule has 0 saturated heterocycles. The van der Waals surface area contributed by atoms with Gasteiger partial charge in [-0.15, -0.1) is 0 Å². The van der Waals surface area contributed by atoms with Crippen molar-refractivity contribution in [3.8, 4) is 0 Å². The molecule has 2 aromatic rings. The van der Waals surface area contributed by atoms with Gasteiger partial charge in [0.05, 0.1) is 11.9 Å². The summed E-state index contributed by atoms with van der Waals surface area (Å²) in [6.07, 6.45) is 5.86. The van der Waals surface area contributed by atoms with Crippen molar-refractivity contribution in [3.63, 3.8) is 0 Å². The van der Waals surface area contributed by atoms with Gasteiger partial charge in [-0.05, 0) is 30.2 Å². The third kappa shape index (κ3) is 2.55. The molecule has 1 N–H and O–H groups in total. The standard InChI is InChI=1S/C12H14ClN3/c1-9-5-11(7-15-12(9)13)14-6-10-3-4-16(2)8-10/h3-5,7-8,14H,6H2,1-2H3. The molecule has 0 bridgehead atoms. The maximum absolute atomic E-state index is 5.86. The summed E-state index contributed by atoms with van der Waals surface area (Å²) in [5.41, 5.74) is 3.22. The Morgan fingerprint density at radius 1 is 1.50 bits per heavy atom. The molecule has 2 heterocycles. The van der Waals surface area contributed by atoms with Gasteiger partial charge in [0.15, 0.2) is 0 Å². The Bertz CT molecular complexity index is 491. The van der Waals surface area contributed by atoms with Crippen LogP contribution in [0.2, 0.25) is 5.15 Å². The Morgan fingerprint density at radius 2 is 2.31 bits per heavy atom. The van der Waals surface area contributed by atoms with Crippen molar-refractivity contribution in [1.82, 2.24) is 9.55 Å². The highest BCUT2D eigenvalue weighted by Crippen LogP contribution is 2.16. The van der Waals surface area contributed by atoms with E-state index in [2.05, 4.69) is 22.6 Å². The molecule has 16 heavy (non-hydrogen) atoms. The van der Waals surface area contributed by atoms with Crippen LogP contribution in [0.5, 0.6) is 0 Å². The van der Waals surface area contributed by atoms with Gasteiger partial charge in [0.1, 0.15) is 5.15 Å². The van der Waals surface area contributed by atoms with Crippen molar-refractivity contribution in [2.24, 2.45) is 7.05 Å². The fourth-order valence-electron chi connectivity index (χ4n) is 1.52. The number of nitrogens with one attached hydrogen (secondary N) is 1. The molecule has 0 amide bonds. The van der Waals surface area contributed by atoms with E-state index in [9.17, 15) is 0 Å². The molecule has 0 aliphatic rings. The van der Waals surface area contributed by atoms with Crippen LogP contribution < -0.4 is 5.32 Å². The topological polar surface area (TPSA) is 29.9 Å². The van der Waals surface area contributed by atoms with E-state index in [-0.39, 0.29) is 0 Å². The SMILES string of the molecule is Cc1cc(NCc2ccn(C)c2)cnc1Cl. The summed E-state index contributed by atoms with van der Waals surface area (Å²) in [6, 6.07) is 4.08. The van der Waals surface area contributed by atoms with E-state index in [0.29, 0.717) is 5.15 Å². The van der Waals surface area contributed by atoms with Gasteiger partial charge in [-0.25, -0.2) is 4.98 Å². The van der Waals surface area contributed by atoms with Crippen LogP contribution in [0.4, 0.5) is 5.69 Å². The lowest BCUT2D eigenvalue weighted by Crippen LogP contribution is -1.99. The number of anilines is 1. The van der Waals surface area contributed by atoms with Crippen LogP contribution in [0.15, 0.2) is 30.7 Å². The maximum atomic E-state index is 5.86. The van der Waals surface area contributed by atoms with Gasteiger partial charge in [0.2, 0.25) is 0 Å². The molecule has 0 spiro atoms. The average Bonchev–Trinajstić information content (AvgIpc) is 2.66. The third-order valence-corrected chi connectivity index (χ3v) is 2.80. The number of hydrogen-bond acceptors (Lipinski definition) is 2. The minimum Gasteiger partial charge on any atom is -0.380 e. The van der Waals surface area contributed by atoms with E-state index < -0.39 is 0 Å². The van der Waals surface area contributed by atoms with Gasteiger partial charge in [-0.1, -0.05) is 11.6 Å². The molecule has 0 aromatic carbocycles. The largest absolute Gasteiger partial charge is 0.380 e. The number of pyridine rings is 1. The summed E-state index contributed by atoms with van der Waals surface area (Å²) < 4.78 is 2.03. The number of nitrogens with zero attached hydrogens (tertiary/aromatic N) is 2. The lowest BCUT2D eigenvalue weighted by atomic mass is 10.3. The molecular formula is C12H14ClN3. The number of halogens is 1. The summed E-state index contributed by atoms with van der Waals surface area (Å²) in [4.78, 5) is 4.09. The molecule has 4 heteroatoms. The first kappa shape index (κ1) is 11.0. The van der Waals surface area contributed by atoms with Gasteiger partial charge >= 0.3 is 0 Å². The first-order valence-electron chi connectivity index (χ1n) is 5.12. The van der Waals surface area contributed by atoms with Gasteiger partial charge in [0.25, 0.3) is 0 Å². The second kappa shape index (κ2) is 4.58. The monoisotopic (exact) mass is 235 g/mol. The fourth-order valence-corrected chi connectivity index (χ4v) is 1.63. The normalized spacial score (nSPS) is 10.4. The number of rotatable bonds is 3. The zero-order valence-corrected chi connectivity index (χ0v) is 10.1. The molecule has 0 unspecified atom stereocenters. The summed E-state index contributed by atoms with van der Waals surface area (Å²) in [7, 11) is 2.01. The highest BCUT2D eigenvalue weighted by molar-refractivity contribution is 6.30. The molecule has 2 rings (SSSR count). The summed E-state index contributed by atoms with van der Waals surface area (Å²) in [6.45, 7) is 2.74. The Morgan fingerprint density at radius 3 is 2.94 bits per heavy atom. The lowest BCUT2D eigenvalue weighted by Gasteiger charge is -2.06. The van der Waals surface area contributed by atoms with Crippen molar-refractivity contribution < 1.29 is 0 Å². The average molecular weight is 236 g/mol. The summed E-state index contributed by atoms with van der Waals surface area (Å²) in [5.74, 6) is 0. The van der Waals surface area contributed by atoms with Crippen LogP contribution >= 0.6 is 11.6 Å². The minimum absolute atomic E-state index is 0.560. The van der Waals surface area contributed by atoms with Crippen LogP contribution in [-0.4, -0.2) is 9.55 Å². The molecule has 3 nitrogen and oxygen atoms in total. The van der Waals surface area contributed by atoms with E-state index in [4.69, 9.17) is 11.6 Å². The first-order valence-corrected chi connectivity index (χ1v) is 5.50. The third-order valence-electron chi connectivity index (χ3n) is 2.40. The van der Waals surface area contributed by atoms with Crippen molar-refractivity contribution in [2.75, 3.05) is 5.32 Å². The van der Waals surface area contributed by atoms with E-state index in [1.807, 2.05) is 30.8 Å². The molecule has 0 saturated carbocycles. The van der Waals surface area contributed by atoms with Crippen molar-refractivity contribution in [2.45, 2.75) is 13.5 Å². The zero-order valence-electron chi connectivity index (χ0n) is 9.37. The predicted octanol–water partition coefficient (Wildman–Crippen LogP) is 2.99. The Balaban J connectivity index is 2.02. The zero-order chi connectivity index (χ0) is 11.5. The van der Waals surface area contributed by atoms with Crippen molar-refractivity contribution >= 4 is 17.3 Å². The second-order valence-electron chi connectivity index (χ2n) is 3.87. The number of aryl methyl sites for hydroxylation is 2. The van der Waals surface area contributed by atoms with Crippen LogP contribution in [0, 0.1) is 6.92 Å². The van der Waals surface area contributed by atoms with Gasteiger partial charge < -0.3 is 9.88 Å². The highest BCUT2D eigenvalue weighted by atomic mass is 35.5. The molecule has 0 atom stereocenters. The Labute approximate surface area is 100 Å².